The van der Waals surface area contributed by atoms with Gasteiger partial charge in [0.2, 0.25) is 0 Å². The van der Waals surface area contributed by atoms with Crippen LogP contribution < -0.4 is 0 Å². The van der Waals surface area contributed by atoms with Crippen LogP contribution in [0.2, 0.25) is 0 Å². The zero-order valence-electron chi connectivity index (χ0n) is 10.1. The maximum atomic E-state index is 12.1. The molecular weight excluding hydrogens is 218 g/mol. The van der Waals surface area contributed by atoms with E-state index >= 15 is 0 Å². The molecule has 2 nitrogen and oxygen atoms in total. The van der Waals surface area contributed by atoms with Gasteiger partial charge in [0.15, 0.2) is 0 Å². The van der Waals surface area contributed by atoms with Gasteiger partial charge in [-0.2, -0.15) is 0 Å². The summed E-state index contributed by atoms with van der Waals surface area (Å²) in [7, 11) is 1.86. The molecule has 0 aliphatic rings. The first-order chi connectivity index (χ1) is 7.56. The SMILES string of the molecule is CCCC(C)N(C)C(=O)c1ccc(S)cc1. The summed E-state index contributed by atoms with van der Waals surface area (Å²) in [5.74, 6) is 0.0780. The lowest BCUT2D eigenvalue weighted by atomic mass is 10.1. The van der Waals surface area contributed by atoms with Crippen molar-refractivity contribution < 1.29 is 4.79 Å². The van der Waals surface area contributed by atoms with Crippen LogP contribution in [0.15, 0.2) is 29.2 Å². The van der Waals surface area contributed by atoms with Gasteiger partial charge in [0.25, 0.3) is 5.91 Å². The predicted octanol–water partition coefficient (Wildman–Crippen LogP) is 3.24. The normalized spacial score (nSPS) is 12.2. The van der Waals surface area contributed by atoms with Crippen LogP contribution in [0.25, 0.3) is 0 Å². The van der Waals surface area contributed by atoms with Crippen LogP contribution in [0.4, 0.5) is 0 Å². The average molecular weight is 237 g/mol. The van der Waals surface area contributed by atoms with Crippen molar-refractivity contribution in [1.29, 1.82) is 0 Å². The van der Waals surface area contributed by atoms with Gasteiger partial charge in [-0.15, -0.1) is 12.6 Å². The molecule has 1 atom stereocenters. The Balaban J connectivity index is 2.73. The third kappa shape index (κ3) is 3.27. The molecule has 1 amide bonds. The fourth-order valence-electron chi connectivity index (χ4n) is 1.62. The van der Waals surface area contributed by atoms with Crippen LogP contribution in [0.5, 0.6) is 0 Å². The van der Waals surface area contributed by atoms with Gasteiger partial charge in [0.05, 0.1) is 0 Å². The quantitative estimate of drug-likeness (QED) is 0.797. The van der Waals surface area contributed by atoms with Crippen molar-refractivity contribution in [3.05, 3.63) is 29.8 Å². The fourth-order valence-corrected chi connectivity index (χ4v) is 1.77. The van der Waals surface area contributed by atoms with Crippen LogP contribution in [0.1, 0.15) is 37.0 Å². The van der Waals surface area contributed by atoms with Crippen molar-refractivity contribution in [3.8, 4) is 0 Å². The molecule has 0 saturated carbocycles. The highest BCUT2D eigenvalue weighted by Crippen LogP contribution is 2.12. The molecule has 0 saturated heterocycles. The Labute approximate surface area is 103 Å². The van der Waals surface area contributed by atoms with Crippen molar-refractivity contribution in [2.45, 2.75) is 37.6 Å². The molecule has 0 spiro atoms. The van der Waals surface area contributed by atoms with Crippen molar-refractivity contribution in [1.82, 2.24) is 4.90 Å². The van der Waals surface area contributed by atoms with Crippen LogP contribution >= 0.6 is 12.6 Å². The third-order valence-corrected chi connectivity index (χ3v) is 3.10. The second-order valence-electron chi connectivity index (χ2n) is 4.10. The summed E-state index contributed by atoms with van der Waals surface area (Å²) in [5, 5.41) is 0. The molecule has 1 rings (SSSR count). The Kier molecular flexibility index (Phi) is 4.87. The second-order valence-corrected chi connectivity index (χ2v) is 4.62. The Bertz CT molecular complexity index is 347. The van der Waals surface area contributed by atoms with Gasteiger partial charge in [-0.3, -0.25) is 4.79 Å². The minimum Gasteiger partial charge on any atom is -0.339 e. The minimum absolute atomic E-state index is 0.0780. The van der Waals surface area contributed by atoms with E-state index in [9.17, 15) is 4.79 Å². The van der Waals surface area contributed by atoms with Gasteiger partial charge >= 0.3 is 0 Å². The Hall–Kier alpha value is -0.960. The molecule has 0 aromatic heterocycles. The molecule has 0 aliphatic heterocycles. The van der Waals surface area contributed by atoms with Crippen molar-refractivity contribution >= 4 is 18.5 Å². The van der Waals surface area contributed by atoms with E-state index in [2.05, 4.69) is 26.5 Å². The van der Waals surface area contributed by atoms with E-state index in [4.69, 9.17) is 0 Å². The Morgan fingerprint density at radius 1 is 1.38 bits per heavy atom. The highest BCUT2D eigenvalue weighted by molar-refractivity contribution is 7.80. The first-order valence-corrected chi connectivity index (χ1v) is 6.07. The second kappa shape index (κ2) is 5.94. The summed E-state index contributed by atoms with van der Waals surface area (Å²) in [6, 6.07) is 7.61. The summed E-state index contributed by atoms with van der Waals surface area (Å²) in [5.41, 5.74) is 0.725. The lowest BCUT2D eigenvalue weighted by Gasteiger charge is -2.24. The largest absolute Gasteiger partial charge is 0.339 e. The van der Waals surface area contributed by atoms with Crippen LogP contribution in [-0.2, 0) is 0 Å². The Morgan fingerprint density at radius 2 is 1.94 bits per heavy atom. The van der Waals surface area contributed by atoms with E-state index in [1.165, 1.54) is 0 Å². The minimum atomic E-state index is 0.0780. The van der Waals surface area contributed by atoms with Crippen molar-refractivity contribution in [3.63, 3.8) is 0 Å². The summed E-state index contributed by atoms with van der Waals surface area (Å²) in [6.45, 7) is 4.21. The van der Waals surface area contributed by atoms with Crippen molar-refractivity contribution in [2.75, 3.05) is 7.05 Å². The molecule has 0 radical (unpaired) electrons. The summed E-state index contributed by atoms with van der Waals surface area (Å²) < 4.78 is 0. The highest BCUT2D eigenvalue weighted by Gasteiger charge is 2.16. The number of nitrogens with zero attached hydrogens (tertiary/aromatic N) is 1. The number of benzene rings is 1. The van der Waals surface area contributed by atoms with Gasteiger partial charge < -0.3 is 4.90 Å². The van der Waals surface area contributed by atoms with E-state index in [1.54, 1.807) is 4.90 Å². The van der Waals surface area contributed by atoms with Gasteiger partial charge in [-0.05, 0) is 37.6 Å². The zero-order valence-corrected chi connectivity index (χ0v) is 11.0. The summed E-state index contributed by atoms with van der Waals surface area (Å²) in [4.78, 5) is 14.8. The molecule has 88 valence electrons. The molecule has 1 aromatic carbocycles. The molecule has 0 N–H and O–H groups in total. The molecule has 1 aromatic rings. The molecule has 1 unspecified atom stereocenters. The lowest BCUT2D eigenvalue weighted by Crippen LogP contribution is -2.34. The smallest absolute Gasteiger partial charge is 0.253 e. The molecule has 0 heterocycles. The van der Waals surface area contributed by atoms with Gasteiger partial charge in [-0.1, -0.05) is 13.3 Å². The van der Waals surface area contributed by atoms with Gasteiger partial charge in [0, 0.05) is 23.5 Å². The van der Waals surface area contributed by atoms with Crippen LogP contribution in [0, 0.1) is 0 Å². The van der Waals surface area contributed by atoms with E-state index in [-0.39, 0.29) is 11.9 Å². The zero-order chi connectivity index (χ0) is 12.1. The molecule has 0 aliphatic carbocycles. The number of thiol groups is 1. The maximum Gasteiger partial charge on any atom is 0.253 e. The lowest BCUT2D eigenvalue weighted by molar-refractivity contribution is 0.0736. The number of carbonyl (C=O) groups excluding carboxylic acids is 1. The van der Waals surface area contributed by atoms with Gasteiger partial charge in [-0.25, -0.2) is 0 Å². The van der Waals surface area contributed by atoms with Crippen molar-refractivity contribution in [2.24, 2.45) is 0 Å². The molecule has 0 fully saturated rings. The average Bonchev–Trinajstić information content (AvgIpc) is 2.28. The van der Waals surface area contributed by atoms with E-state index in [0.29, 0.717) is 0 Å². The predicted molar refractivity (Wildman–Crippen MR) is 70.2 cm³/mol. The number of hydrogen-bond donors (Lipinski definition) is 1. The Morgan fingerprint density at radius 3 is 2.44 bits per heavy atom. The summed E-state index contributed by atoms with van der Waals surface area (Å²) in [6.07, 6.45) is 2.13. The number of rotatable bonds is 4. The maximum absolute atomic E-state index is 12.1. The van der Waals surface area contributed by atoms with Crippen LogP contribution in [0.3, 0.4) is 0 Å². The number of hydrogen-bond acceptors (Lipinski definition) is 2. The van der Waals surface area contributed by atoms with E-state index in [0.717, 1.165) is 23.3 Å². The van der Waals surface area contributed by atoms with Gasteiger partial charge in [0.1, 0.15) is 0 Å². The molecular formula is C13H19NOS. The first-order valence-electron chi connectivity index (χ1n) is 5.62. The van der Waals surface area contributed by atoms with E-state index in [1.807, 2.05) is 31.3 Å². The number of amides is 1. The highest BCUT2D eigenvalue weighted by atomic mass is 32.1. The van der Waals surface area contributed by atoms with Crippen LogP contribution in [-0.4, -0.2) is 23.9 Å². The first kappa shape index (κ1) is 13.1. The third-order valence-electron chi connectivity index (χ3n) is 2.80. The molecule has 3 heteroatoms. The number of carbonyl (C=O) groups is 1. The molecule has 16 heavy (non-hydrogen) atoms. The standard InChI is InChI=1S/C13H19NOS/c1-4-5-10(2)14(3)13(15)11-6-8-12(16)9-7-11/h6-10,16H,4-5H2,1-3H3. The summed E-state index contributed by atoms with van der Waals surface area (Å²) >= 11 is 4.20. The molecule has 0 bridgehead atoms. The van der Waals surface area contributed by atoms with E-state index < -0.39 is 0 Å². The topological polar surface area (TPSA) is 20.3 Å². The monoisotopic (exact) mass is 237 g/mol. The fraction of sp³-hybridized carbons (Fsp3) is 0.462.